The SMILES string of the molecule is Cc1csc(NC(=O)CC(c2ccccc2C)n2cccc2)n1. The minimum Gasteiger partial charge on any atom is -0.346 e. The van der Waals surface area contributed by atoms with Crippen molar-refractivity contribution in [2.24, 2.45) is 0 Å². The number of benzene rings is 1. The van der Waals surface area contributed by atoms with Crippen LogP contribution in [0.5, 0.6) is 0 Å². The molecule has 3 aromatic rings. The van der Waals surface area contributed by atoms with Gasteiger partial charge in [-0.1, -0.05) is 24.3 Å². The lowest BCUT2D eigenvalue weighted by atomic mass is 9.98. The van der Waals surface area contributed by atoms with Gasteiger partial charge >= 0.3 is 0 Å². The molecule has 0 aliphatic carbocycles. The van der Waals surface area contributed by atoms with Gasteiger partial charge in [0.15, 0.2) is 5.13 Å². The molecule has 0 saturated carbocycles. The van der Waals surface area contributed by atoms with Crippen LogP contribution in [0.3, 0.4) is 0 Å². The normalized spacial score (nSPS) is 12.1. The van der Waals surface area contributed by atoms with Crippen LogP contribution < -0.4 is 5.32 Å². The number of aromatic nitrogens is 2. The van der Waals surface area contributed by atoms with Crippen molar-refractivity contribution in [1.29, 1.82) is 0 Å². The van der Waals surface area contributed by atoms with Gasteiger partial charge in [0.25, 0.3) is 0 Å². The average molecular weight is 325 g/mol. The molecule has 1 N–H and O–H groups in total. The smallest absolute Gasteiger partial charge is 0.228 e. The fourth-order valence-corrected chi connectivity index (χ4v) is 3.35. The molecular weight excluding hydrogens is 306 g/mol. The molecule has 0 fully saturated rings. The van der Waals surface area contributed by atoms with Crippen LogP contribution in [-0.4, -0.2) is 15.5 Å². The first-order valence-corrected chi connectivity index (χ1v) is 8.41. The van der Waals surface area contributed by atoms with Crippen LogP contribution in [0.1, 0.15) is 29.3 Å². The van der Waals surface area contributed by atoms with E-state index in [-0.39, 0.29) is 11.9 Å². The molecule has 0 bridgehead atoms. The Balaban J connectivity index is 1.82. The predicted molar refractivity (Wildman–Crippen MR) is 93.8 cm³/mol. The maximum absolute atomic E-state index is 12.5. The first kappa shape index (κ1) is 15.5. The number of rotatable bonds is 5. The molecule has 23 heavy (non-hydrogen) atoms. The monoisotopic (exact) mass is 325 g/mol. The van der Waals surface area contributed by atoms with Crippen LogP contribution in [0.2, 0.25) is 0 Å². The summed E-state index contributed by atoms with van der Waals surface area (Å²) in [4.78, 5) is 16.7. The molecule has 0 spiro atoms. The van der Waals surface area contributed by atoms with Gasteiger partial charge in [0.1, 0.15) is 0 Å². The third kappa shape index (κ3) is 3.68. The Labute approximate surface area is 139 Å². The van der Waals surface area contributed by atoms with E-state index in [0.717, 1.165) is 11.3 Å². The average Bonchev–Trinajstić information content (AvgIpc) is 3.18. The zero-order chi connectivity index (χ0) is 16.2. The second-order valence-electron chi connectivity index (χ2n) is 5.55. The molecule has 0 aliphatic heterocycles. The summed E-state index contributed by atoms with van der Waals surface area (Å²) in [6, 6.07) is 12.1. The topological polar surface area (TPSA) is 46.9 Å². The fourth-order valence-electron chi connectivity index (χ4n) is 2.65. The van der Waals surface area contributed by atoms with E-state index in [0.29, 0.717) is 11.6 Å². The Morgan fingerprint density at radius 2 is 1.96 bits per heavy atom. The zero-order valence-corrected chi connectivity index (χ0v) is 14.0. The third-order valence-electron chi connectivity index (χ3n) is 3.78. The molecule has 0 radical (unpaired) electrons. The van der Waals surface area contributed by atoms with Crippen molar-refractivity contribution in [3.8, 4) is 0 Å². The van der Waals surface area contributed by atoms with Gasteiger partial charge in [-0.2, -0.15) is 0 Å². The van der Waals surface area contributed by atoms with Crippen LogP contribution in [0, 0.1) is 13.8 Å². The van der Waals surface area contributed by atoms with E-state index in [1.54, 1.807) is 0 Å². The van der Waals surface area contributed by atoms with Crippen molar-refractivity contribution in [2.75, 3.05) is 5.32 Å². The third-order valence-corrected chi connectivity index (χ3v) is 4.65. The van der Waals surface area contributed by atoms with Crippen LogP contribution in [0.25, 0.3) is 0 Å². The van der Waals surface area contributed by atoms with Gasteiger partial charge in [-0.05, 0) is 37.1 Å². The van der Waals surface area contributed by atoms with Crippen molar-refractivity contribution in [3.05, 3.63) is 71.0 Å². The lowest BCUT2D eigenvalue weighted by Crippen LogP contribution is -2.20. The van der Waals surface area contributed by atoms with Gasteiger partial charge in [-0.3, -0.25) is 4.79 Å². The molecule has 5 heteroatoms. The lowest BCUT2D eigenvalue weighted by Gasteiger charge is -2.21. The largest absolute Gasteiger partial charge is 0.346 e. The van der Waals surface area contributed by atoms with Crippen molar-refractivity contribution in [1.82, 2.24) is 9.55 Å². The number of amides is 1. The Kier molecular flexibility index (Phi) is 4.57. The molecule has 2 aromatic heterocycles. The molecule has 1 atom stereocenters. The van der Waals surface area contributed by atoms with E-state index in [4.69, 9.17) is 0 Å². The van der Waals surface area contributed by atoms with Crippen LogP contribution >= 0.6 is 11.3 Å². The Bertz CT molecular complexity index is 792. The summed E-state index contributed by atoms with van der Waals surface area (Å²) < 4.78 is 2.08. The maximum Gasteiger partial charge on any atom is 0.228 e. The highest BCUT2D eigenvalue weighted by atomic mass is 32.1. The standard InChI is InChI=1S/C18H19N3OS/c1-13-7-3-4-8-15(13)16(21-9-5-6-10-21)11-17(22)20-18-19-14(2)12-23-18/h3-10,12,16H,11H2,1-2H3,(H,19,20,22). The number of thiazole rings is 1. The fraction of sp³-hybridized carbons (Fsp3) is 0.222. The summed E-state index contributed by atoms with van der Waals surface area (Å²) in [6.07, 6.45) is 4.37. The zero-order valence-electron chi connectivity index (χ0n) is 13.2. The van der Waals surface area contributed by atoms with Crippen molar-refractivity contribution in [3.63, 3.8) is 0 Å². The molecular formula is C18H19N3OS. The molecule has 0 saturated heterocycles. The molecule has 118 valence electrons. The number of anilines is 1. The van der Waals surface area contributed by atoms with E-state index < -0.39 is 0 Å². The first-order chi connectivity index (χ1) is 11.1. The summed E-state index contributed by atoms with van der Waals surface area (Å²) in [6.45, 7) is 4.00. The predicted octanol–water partition coefficient (Wildman–Crippen LogP) is 4.18. The molecule has 3 rings (SSSR count). The van der Waals surface area contributed by atoms with Crippen LogP contribution in [-0.2, 0) is 4.79 Å². The van der Waals surface area contributed by atoms with Gasteiger partial charge in [0.2, 0.25) is 5.91 Å². The van der Waals surface area contributed by atoms with E-state index >= 15 is 0 Å². The lowest BCUT2D eigenvalue weighted by molar-refractivity contribution is -0.116. The number of hydrogen-bond donors (Lipinski definition) is 1. The summed E-state index contributed by atoms with van der Waals surface area (Å²) in [5.74, 6) is -0.0266. The van der Waals surface area contributed by atoms with Crippen LogP contribution in [0.4, 0.5) is 5.13 Å². The van der Waals surface area contributed by atoms with E-state index in [9.17, 15) is 4.79 Å². The summed E-state index contributed by atoms with van der Waals surface area (Å²) in [5, 5.41) is 5.49. The Morgan fingerprint density at radius 1 is 1.22 bits per heavy atom. The van der Waals surface area contributed by atoms with E-state index in [2.05, 4.69) is 33.9 Å². The maximum atomic E-state index is 12.5. The minimum absolute atomic E-state index is 0.0211. The highest BCUT2D eigenvalue weighted by molar-refractivity contribution is 7.13. The number of hydrogen-bond acceptors (Lipinski definition) is 3. The van der Waals surface area contributed by atoms with Crippen molar-refractivity contribution < 1.29 is 4.79 Å². The highest BCUT2D eigenvalue weighted by Gasteiger charge is 2.19. The summed E-state index contributed by atoms with van der Waals surface area (Å²) in [5.41, 5.74) is 3.27. The van der Waals surface area contributed by atoms with E-state index in [1.807, 2.05) is 49.0 Å². The number of carbonyl (C=O) groups excluding carboxylic acids is 1. The molecule has 0 aliphatic rings. The Morgan fingerprint density at radius 3 is 2.61 bits per heavy atom. The van der Waals surface area contributed by atoms with Gasteiger partial charge in [0, 0.05) is 17.8 Å². The second-order valence-corrected chi connectivity index (χ2v) is 6.41. The second kappa shape index (κ2) is 6.79. The summed E-state index contributed by atoms with van der Waals surface area (Å²) in [7, 11) is 0. The summed E-state index contributed by atoms with van der Waals surface area (Å²) >= 11 is 1.45. The van der Waals surface area contributed by atoms with Crippen molar-refractivity contribution >= 4 is 22.4 Å². The van der Waals surface area contributed by atoms with Gasteiger partial charge in [-0.15, -0.1) is 11.3 Å². The molecule has 4 nitrogen and oxygen atoms in total. The highest BCUT2D eigenvalue weighted by Crippen LogP contribution is 2.26. The van der Waals surface area contributed by atoms with Gasteiger partial charge in [0.05, 0.1) is 18.2 Å². The minimum atomic E-state index is -0.0266. The van der Waals surface area contributed by atoms with Gasteiger partial charge < -0.3 is 9.88 Å². The number of aryl methyl sites for hydroxylation is 2. The Hall–Kier alpha value is -2.40. The van der Waals surface area contributed by atoms with E-state index in [1.165, 1.54) is 16.9 Å². The number of nitrogens with zero attached hydrogens (tertiary/aromatic N) is 2. The quantitative estimate of drug-likeness (QED) is 0.765. The molecule has 1 unspecified atom stereocenters. The van der Waals surface area contributed by atoms with Gasteiger partial charge in [-0.25, -0.2) is 4.98 Å². The molecule has 1 amide bonds. The molecule has 2 heterocycles. The molecule has 1 aromatic carbocycles. The number of carbonyl (C=O) groups is 1. The van der Waals surface area contributed by atoms with Crippen molar-refractivity contribution in [2.45, 2.75) is 26.3 Å². The van der Waals surface area contributed by atoms with Crippen LogP contribution in [0.15, 0.2) is 54.2 Å². The first-order valence-electron chi connectivity index (χ1n) is 7.53. The number of nitrogens with one attached hydrogen (secondary N) is 1.